The lowest BCUT2D eigenvalue weighted by molar-refractivity contribution is 0.0690. The van der Waals surface area contributed by atoms with Crippen LogP contribution in [0.1, 0.15) is 17.3 Å². The van der Waals surface area contributed by atoms with Crippen molar-refractivity contribution in [2.75, 3.05) is 13.7 Å². The minimum absolute atomic E-state index is 0.0592. The summed E-state index contributed by atoms with van der Waals surface area (Å²) in [4.78, 5) is 10.8. The number of methoxy groups -OCH3 is 1. The van der Waals surface area contributed by atoms with E-state index in [2.05, 4.69) is 0 Å². The summed E-state index contributed by atoms with van der Waals surface area (Å²) >= 11 is 5.68. The molecule has 0 spiro atoms. The molecule has 1 aromatic rings. The second-order valence-corrected chi connectivity index (χ2v) is 3.20. The first-order chi connectivity index (χ1) is 7.52. The molecule has 0 aliphatic rings. The molecule has 0 atom stereocenters. The van der Waals surface area contributed by atoms with Gasteiger partial charge in [0.25, 0.3) is 0 Å². The highest BCUT2D eigenvalue weighted by Crippen LogP contribution is 2.36. The maximum atomic E-state index is 13.6. The number of halogens is 2. The Morgan fingerprint density at radius 2 is 2.19 bits per heavy atom. The van der Waals surface area contributed by atoms with Gasteiger partial charge in [0.05, 0.1) is 13.7 Å². The Balaban J connectivity index is 3.45. The molecule has 0 radical (unpaired) electrons. The molecule has 0 aliphatic carbocycles. The molecule has 1 aromatic carbocycles. The second-order valence-electron chi connectivity index (χ2n) is 2.82. The van der Waals surface area contributed by atoms with Crippen LogP contribution in [0.2, 0.25) is 5.02 Å². The fourth-order valence-electron chi connectivity index (χ4n) is 1.19. The number of hydrogen-bond donors (Lipinski definition) is 1. The van der Waals surface area contributed by atoms with E-state index in [1.807, 2.05) is 0 Å². The highest BCUT2D eigenvalue weighted by Gasteiger charge is 2.23. The van der Waals surface area contributed by atoms with Crippen LogP contribution in [0.3, 0.4) is 0 Å². The molecule has 0 bridgehead atoms. The normalized spacial score (nSPS) is 10.0. The molecule has 0 unspecified atom stereocenters. The van der Waals surface area contributed by atoms with Crippen LogP contribution in [0, 0.1) is 5.82 Å². The van der Waals surface area contributed by atoms with E-state index >= 15 is 0 Å². The summed E-state index contributed by atoms with van der Waals surface area (Å²) in [6.45, 7) is 1.86. The zero-order chi connectivity index (χ0) is 12.3. The largest absolute Gasteiger partial charge is 0.495 e. The van der Waals surface area contributed by atoms with Crippen molar-refractivity contribution >= 4 is 17.6 Å². The van der Waals surface area contributed by atoms with Gasteiger partial charge in [0, 0.05) is 6.07 Å². The molecule has 0 saturated heterocycles. The first-order valence-corrected chi connectivity index (χ1v) is 4.82. The van der Waals surface area contributed by atoms with Crippen molar-refractivity contribution < 1.29 is 23.8 Å². The number of carboxylic acids is 1. The standard InChI is InChI=1S/C10H10ClFO4/c1-3-16-6-4-5(15-2)8(11)7(9(6)12)10(13)14/h4H,3H2,1-2H3,(H,13,14). The van der Waals surface area contributed by atoms with Crippen LogP contribution in [0.4, 0.5) is 4.39 Å². The molecule has 88 valence electrons. The maximum Gasteiger partial charge on any atom is 0.340 e. The molecule has 4 nitrogen and oxygen atoms in total. The number of benzene rings is 1. The average molecular weight is 249 g/mol. The molecule has 0 aliphatic heterocycles. The van der Waals surface area contributed by atoms with Crippen LogP contribution in [0.25, 0.3) is 0 Å². The SMILES string of the molecule is CCOc1cc(OC)c(Cl)c(C(=O)O)c1F. The van der Waals surface area contributed by atoms with E-state index < -0.39 is 17.3 Å². The predicted octanol–water partition coefficient (Wildman–Crippen LogP) is 2.58. The summed E-state index contributed by atoms with van der Waals surface area (Å²) in [7, 11) is 1.31. The summed E-state index contributed by atoms with van der Waals surface area (Å²) in [5, 5.41) is 8.54. The molecule has 16 heavy (non-hydrogen) atoms. The topological polar surface area (TPSA) is 55.8 Å². The second kappa shape index (κ2) is 5.03. The number of carboxylic acid groups (broad SMARTS) is 1. The van der Waals surface area contributed by atoms with E-state index in [1.54, 1.807) is 6.92 Å². The lowest BCUT2D eigenvalue weighted by atomic mass is 10.2. The zero-order valence-corrected chi connectivity index (χ0v) is 9.47. The van der Waals surface area contributed by atoms with Gasteiger partial charge in [-0.05, 0) is 6.92 Å². The van der Waals surface area contributed by atoms with Gasteiger partial charge in [-0.3, -0.25) is 0 Å². The van der Waals surface area contributed by atoms with Crippen molar-refractivity contribution in [3.8, 4) is 11.5 Å². The van der Waals surface area contributed by atoms with Crippen LogP contribution in [0.5, 0.6) is 11.5 Å². The molecule has 6 heteroatoms. The van der Waals surface area contributed by atoms with E-state index in [1.165, 1.54) is 13.2 Å². The van der Waals surface area contributed by atoms with Gasteiger partial charge in [-0.2, -0.15) is 0 Å². The fraction of sp³-hybridized carbons (Fsp3) is 0.300. The summed E-state index contributed by atoms with van der Waals surface area (Å²) in [5.74, 6) is -2.60. The molecule has 0 fully saturated rings. The van der Waals surface area contributed by atoms with Crippen molar-refractivity contribution in [1.29, 1.82) is 0 Å². The summed E-state index contributed by atoms with van der Waals surface area (Å²) in [6.07, 6.45) is 0. The Kier molecular flexibility index (Phi) is 3.95. The molecule has 0 amide bonds. The summed E-state index contributed by atoms with van der Waals surface area (Å²) < 4.78 is 23.4. The van der Waals surface area contributed by atoms with E-state index in [0.717, 1.165) is 0 Å². The van der Waals surface area contributed by atoms with E-state index in [0.29, 0.717) is 0 Å². The maximum absolute atomic E-state index is 13.6. The number of rotatable bonds is 4. The van der Waals surface area contributed by atoms with Crippen LogP contribution >= 0.6 is 11.6 Å². The molecule has 1 rings (SSSR count). The smallest absolute Gasteiger partial charge is 0.340 e. The van der Waals surface area contributed by atoms with Gasteiger partial charge in [-0.25, -0.2) is 9.18 Å². The predicted molar refractivity (Wildman–Crippen MR) is 56.1 cm³/mol. The van der Waals surface area contributed by atoms with Gasteiger partial charge in [0.2, 0.25) is 0 Å². The number of hydrogen-bond acceptors (Lipinski definition) is 3. The monoisotopic (exact) mass is 248 g/mol. The average Bonchev–Trinajstić information content (AvgIpc) is 2.22. The Bertz CT molecular complexity index is 420. The first-order valence-electron chi connectivity index (χ1n) is 4.45. The third-order valence-electron chi connectivity index (χ3n) is 1.87. The Morgan fingerprint density at radius 3 is 2.62 bits per heavy atom. The quantitative estimate of drug-likeness (QED) is 0.890. The van der Waals surface area contributed by atoms with Gasteiger partial charge >= 0.3 is 5.97 Å². The van der Waals surface area contributed by atoms with Crippen molar-refractivity contribution in [3.63, 3.8) is 0 Å². The molecular weight excluding hydrogens is 239 g/mol. The highest BCUT2D eigenvalue weighted by atomic mass is 35.5. The van der Waals surface area contributed by atoms with Gasteiger partial charge in [-0.1, -0.05) is 11.6 Å². The fourth-order valence-corrected chi connectivity index (χ4v) is 1.48. The molecule has 0 heterocycles. The van der Waals surface area contributed by atoms with Crippen molar-refractivity contribution in [2.45, 2.75) is 6.92 Å². The number of ether oxygens (including phenoxy) is 2. The van der Waals surface area contributed by atoms with E-state index in [-0.39, 0.29) is 23.1 Å². The summed E-state index contributed by atoms with van der Waals surface area (Å²) in [6, 6.07) is 1.22. The Hall–Kier alpha value is -1.49. The van der Waals surface area contributed by atoms with Crippen molar-refractivity contribution in [1.82, 2.24) is 0 Å². The van der Waals surface area contributed by atoms with Gasteiger partial charge in [0.1, 0.15) is 16.3 Å². The van der Waals surface area contributed by atoms with Crippen LogP contribution in [-0.4, -0.2) is 24.8 Å². The molecule has 1 N–H and O–H groups in total. The lowest BCUT2D eigenvalue weighted by Crippen LogP contribution is -2.06. The third kappa shape index (κ3) is 2.19. The molecule has 0 saturated carbocycles. The summed E-state index contributed by atoms with van der Waals surface area (Å²) in [5.41, 5.74) is -0.649. The number of aromatic carboxylic acids is 1. The lowest BCUT2D eigenvalue weighted by Gasteiger charge is -2.11. The first kappa shape index (κ1) is 12.6. The minimum Gasteiger partial charge on any atom is -0.495 e. The van der Waals surface area contributed by atoms with Crippen molar-refractivity contribution in [3.05, 3.63) is 22.5 Å². The van der Waals surface area contributed by atoms with Crippen LogP contribution in [0.15, 0.2) is 6.07 Å². The molecule has 0 aromatic heterocycles. The van der Waals surface area contributed by atoms with E-state index in [4.69, 9.17) is 26.2 Å². The van der Waals surface area contributed by atoms with Crippen molar-refractivity contribution in [2.24, 2.45) is 0 Å². The molecular formula is C10H10ClFO4. The van der Waals surface area contributed by atoms with Gasteiger partial charge < -0.3 is 14.6 Å². The zero-order valence-electron chi connectivity index (χ0n) is 8.71. The highest BCUT2D eigenvalue weighted by molar-refractivity contribution is 6.35. The number of carbonyl (C=O) groups is 1. The minimum atomic E-state index is -1.47. The Labute approximate surface area is 96.5 Å². The van der Waals surface area contributed by atoms with Crippen LogP contribution in [-0.2, 0) is 0 Å². The third-order valence-corrected chi connectivity index (χ3v) is 2.24. The van der Waals surface area contributed by atoms with Crippen LogP contribution < -0.4 is 9.47 Å². The van der Waals surface area contributed by atoms with E-state index in [9.17, 15) is 9.18 Å². The van der Waals surface area contributed by atoms with Gasteiger partial charge in [0.15, 0.2) is 11.6 Å². The Morgan fingerprint density at radius 1 is 1.56 bits per heavy atom. The van der Waals surface area contributed by atoms with Gasteiger partial charge in [-0.15, -0.1) is 0 Å².